The van der Waals surface area contributed by atoms with Crippen molar-refractivity contribution in [1.82, 2.24) is 20.4 Å². The fraction of sp³-hybridized carbons (Fsp3) is 0.857. The van der Waals surface area contributed by atoms with Gasteiger partial charge >= 0.3 is 0 Å². The summed E-state index contributed by atoms with van der Waals surface area (Å²) in [5.74, 6) is 0. The number of hydrogen-bond acceptors (Lipinski definition) is 4. The highest BCUT2D eigenvalue weighted by Gasteiger charge is 2.21. The number of ether oxygens (including phenoxy) is 2. The second-order valence-corrected chi connectivity index (χ2v) is 6.36. The molecule has 0 amide bonds. The number of hydrogen-bond donors (Lipinski definition) is 2. The van der Waals surface area contributed by atoms with Crippen LogP contribution in [0.2, 0.25) is 0 Å². The van der Waals surface area contributed by atoms with E-state index in [-0.39, 0.29) is 12.1 Å². The number of thiocarbonyl (C=S) groups is 2. The Morgan fingerprint density at radius 3 is 1.45 bits per heavy atom. The summed E-state index contributed by atoms with van der Waals surface area (Å²) in [6, 6.07) is 0.432. The van der Waals surface area contributed by atoms with Crippen molar-refractivity contribution in [3.05, 3.63) is 0 Å². The molecule has 0 spiro atoms. The summed E-state index contributed by atoms with van der Waals surface area (Å²) in [7, 11) is 3.39. The minimum absolute atomic E-state index is 0.216. The van der Waals surface area contributed by atoms with Gasteiger partial charge in [0.2, 0.25) is 0 Å². The third-order valence-electron chi connectivity index (χ3n) is 3.43. The van der Waals surface area contributed by atoms with Gasteiger partial charge in [-0.3, -0.25) is 0 Å². The lowest BCUT2D eigenvalue weighted by Gasteiger charge is -2.38. The van der Waals surface area contributed by atoms with Crippen LogP contribution in [0.5, 0.6) is 0 Å². The molecule has 1 aliphatic heterocycles. The molecule has 0 aliphatic carbocycles. The SMILES string of the molecule is COCC(C)NC(=S)N1CCN(C(=S)NC(C)COC)CC1. The normalized spacial score (nSPS) is 17.8. The predicted molar refractivity (Wildman–Crippen MR) is 97.3 cm³/mol. The Kier molecular flexibility index (Phi) is 8.92. The van der Waals surface area contributed by atoms with Gasteiger partial charge in [-0.05, 0) is 38.3 Å². The number of rotatable bonds is 6. The molecular formula is C14H28N4O2S2. The summed E-state index contributed by atoms with van der Waals surface area (Å²) < 4.78 is 10.2. The maximum absolute atomic E-state index is 5.45. The van der Waals surface area contributed by atoms with E-state index < -0.39 is 0 Å². The maximum Gasteiger partial charge on any atom is 0.169 e. The van der Waals surface area contributed by atoms with Crippen LogP contribution < -0.4 is 10.6 Å². The molecule has 1 fully saturated rings. The maximum atomic E-state index is 5.45. The Bertz CT molecular complexity index is 329. The molecule has 128 valence electrons. The fourth-order valence-corrected chi connectivity index (χ4v) is 3.07. The molecule has 0 aromatic rings. The first kappa shape index (κ1) is 19.3. The highest BCUT2D eigenvalue weighted by Crippen LogP contribution is 2.04. The van der Waals surface area contributed by atoms with Crippen LogP contribution in [0.3, 0.4) is 0 Å². The zero-order valence-electron chi connectivity index (χ0n) is 13.9. The van der Waals surface area contributed by atoms with Gasteiger partial charge in [0.25, 0.3) is 0 Å². The van der Waals surface area contributed by atoms with E-state index in [1.165, 1.54) is 0 Å². The van der Waals surface area contributed by atoms with E-state index in [1.807, 2.05) is 0 Å². The van der Waals surface area contributed by atoms with Crippen LogP contribution in [0.1, 0.15) is 13.8 Å². The fourth-order valence-electron chi connectivity index (χ4n) is 2.30. The summed E-state index contributed by atoms with van der Waals surface area (Å²) in [5.41, 5.74) is 0. The standard InChI is InChI=1S/C14H28N4O2S2/c1-11(9-19-3)15-13(21)17-5-7-18(8-6-17)14(22)16-12(2)10-20-4/h11-12H,5-10H2,1-4H3,(H,15,21)(H,16,22). The predicted octanol–water partition coefficient (Wildman–Crippen LogP) is 0.423. The molecule has 2 N–H and O–H groups in total. The smallest absolute Gasteiger partial charge is 0.169 e. The summed E-state index contributed by atoms with van der Waals surface area (Å²) in [6.45, 7) is 8.87. The second kappa shape index (κ2) is 10.1. The molecule has 0 aromatic carbocycles. The summed E-state index contributed by atoms with van der Waals surface area (Å²) >= 11 is 10.9. The third kappa shape index (κ3) is 6.60. The van der Waals surface area contributed by atoms with Gasteiger partial charge in [-0.25, -0.2) is 0 Å². The van der Waals surface area contributed by atoms with E-state index in [4.69, 9.17) is 33.9 Å². The Labute approximate surface area is 144 Å². The molecule has 6 nitrogen and oxygen atoms in total. The first-order valence-corrected chi connectivity index (χ1v) is 8.38. The van der Waals surface area contributed by atoms with Crippen molar-refractivity contribution < 1.29 is 9.47 Å². The number of nitrogens with zero attached hydrogens (tertiary/aromatic N) is 2. The molecule has 1 rings (SSSR count). The molecule has 8 heteroatoms. The average molecular weight is 349 g/mol. The topological polar surface area (TPSA) is 49.0 Å². The molecule has 0 bridgehead atoms. The summed E-state index contributed by atoms with van der Waals surface area (Å²) in [5, 5.41) is 8.16. The lowest BCUT2D eigenvalue weighted by molar-refractivity contribution is 0.174. The molecule has 1 saturated heterocycles. The molecule has 0 saturated carbocycles. The van der Waals surface area contributed by atoms with Gasteiger partial charge in [-0.1, -0.05) is 0 Å². The largest absolute Gasteiger partial charge is 0.383 e. The van der Waals surface area contributed by atoms with E-state index in [0.29, 0.717) is 13.2 Å². The highest BCUT2D eigenvalue weighted by atomic mass is 32.1. The number of methoxy groups -OCH3 is 2. The van der Waals surface area contributed by atoms with Gasteiger partial charge < -0.3 is 29.9 Å². The van der Waals surface area contributed by atoms with Crippen LogP contribution in [0.25, 0.3) is 0 Å². The van der Waals surface area contributed by atoms with Crippen LogP contribution in [0.4, 0.5) is 0 Å². The van der Waals surface area contributed by atoms with Crippen LogP contribution in [-0.4, -0.2) is 85.7 Å². The molecule has 22 heavy (non-hydrogen) atoms. The van der Waals surface area contributed by atoms with Gasteiger partial charge in [0.15, 0.2) is 10.2 Å². The Balaban J connectivity index is 2.33. The van der Waals surface area contributed by atoms with E-state index in [0.717, 1.165) is 36.4 Å². The molecule has 0 aromatic heterocycles. The molecule has 1 aliphatic rings. The minimum atomic E-state index is 0.216. The molecule has 1 heterocycles. The van der Waals surface area contributed by atoms with Crippen molar-refractivity contribution in [3.8, 4) is 0 Å². The zero-order valence-corrected chi connectivity index (χ0v) is 15.6. The van der Waals surface area contributed by atoms with Crippen molar-refractivity contribution in [1.29, 1.82) is 0 Å². The quantitative estimate of drug-likeness (QED) is 0.670. The van der Waals surface area contributed by atoms with Crippen molar-refractivity contribution in [3.63, 3.8) is 0 Å². The van der Waals surface area contributed by atoms with Gasteiger partial charge in [0, 0.05) is 52.5 Å². The van der Waals surface area contributed by atoms with E-state index in [1.54, 1.807) is 14.2 Å². The van der Waals surface area contributed by atoms with Crippen molar-refractivity contribution >= 4 is 34.7 Å². The number of nitrogens with one attached hydrogen (secondary N) is 2. The van der Waals surface area contributed by atoms with E-state index >= 15 is 0 Å². The van der Waals surface area contributed by atoms with Crippen molar-refractivity contribution in [2.24, 2.45) is 0 Å². The third-order valence-corrected chi connectivity index (χ3v) is 4.18. The molecule has 0 radical (unpaired) electrons. The first-order valence-electron chi connectivity index (χ1n) is 7.56. The van der Waals surface area contributed by atoms with Crippen molar-refractivity contribution in [2.45, 2.75) is 25.9 Å². The van der Waals surface area contributed by atoms with Gasteiger partial charge in [-0.2, -0.15) is 0 Å². The average Bonchev–Trinajstić information content (AvgIpc) is 2.47. The molecular weight excluding hydrogens is 320 g/mol. The monoisotopic (exact) mass is 348 g/mol. The second-order valence-electron chi connectivity index (χ2n) is 5.59. The Hall–Kier alpha value is -0.700. The summed E-state index contributed by atoms with van der Waals surface area (Å²) in [6.07, 6.45) is 0. The Morgan fingerprint density at radius 2 is 1.18 bits per heavy atom. The number of piperazine rings is 1. The van der Waals surface area contributed by atoms with Crippen molar-refractivity contribution in [2.75, 3.05) is 53.6 Å². The Morgan fingerprint density at radius 1 is 0.864 bits per heavy atom. The zero-order chi connectivity index (χ0) is 16.5. The summed E-state index contributed by atoms with van der Waals surface area (Å²) in [4.78, 5) is 4.36. The molecule has 2 atom stereocenters. The molecule has 2 unspecified atom stereocenters. The highest BCUT2D eigenvalue weighted by molar-refractivity contribution is 7.80. The van der Waals surface area contributed by atoms with Gasteiger partial charge in [-0.15, -0.1) is 0 Å². The van der Waals surface area contributed by atoms with E-state index in [2.05, 4.69) is 34.3 Å². The van der Waals surface area contributed by atoms with Crippen LogP contribution in [-0.2, 0) is 9.47 Å². The lowest BCUT2D eigenvalue weighted by atomic mass is 10.3. The first-order chi connectivity index (χ1) is 10.5. The van der Waals surface area contributed by atoms with Crippen LogP contribution in [0.15, 0.2) is 0 Å². The van der Waals surface area contributed by atoms with Crippen LogP contribution in [0, 0.1) is 0 Å². The lowest BCUT2D eigenvalue weighted by Crippen LogP contribution is -2.57. The van der Waals surface area contributed by atoms with Gasteiger partial charge in [0.05, 0.1) is 13.2 Å². The van der Waals surface area contributed by atoms with E-state index in [9.17, 15) is 0 Å². The van der Waals surface area contributed by atoms with Gasteiger partial charge in [0.1, 0.15) is 0 Å². The van der Waals surface area contributed by atoms with Crippen LogP contribution >= 0.6 is 24.4 Å². The minimum Gasteiger partial charge on any atom is -0.383 e.